The third kappa shape index (κ3) is 2.70. The number of hydrogen-bond acceptors (Lipinski definition) is 2. The molecular formula is C8H8ClNO. The summed E-state index contributed by atoms with van der Waals surface area (Å²) in [6.07, 6.45) is 3.30. The molecule has 2 nitrogen and oxygen atoms in total. The maximum absolute atomic E-state index is 8.57. The van der Waals surface area contributed by atoms with Gasteiger partial charge in [-0.25, -0.2) is 0 Å². The Hall–Kier alpha value is -0.860. The molecule has 0 aromatic carbocycles. The van der Waals surface area contributed by atoms with E-state index in [1.807, 2.05) is 18.2 Å². The molecule has 11 heavy (non-hydrogen) atoms. The van der Waals surface area contributed by atoms with Crippen LogP contribution in [0.25, 0.3) is 6.08 Å². The van der Waals surface area contributed by atoms with E-state index in [0.29, 0.717) is 5.03 Å². The highest BCUT2D eigenvalue weighted by Crippen LogP contribution is 2.05. The molecule has 3 heteroatoms. The Morgan fingerprint density at radius 1 is 1.64 bits per heavy atom. The Morgan fingerprint density at radius 2 is 2.45 bits per heavy atom. The number of aliphatic hydroxyl groups is 1. The monoisotopic (exact) mass is 169 g/mol. The molecule has 0 aliphatic heterocycles. The number of hydrogen-bond donors (Lipinski definition) is 1. The predicted molar refractivity (Wildman–Crippen MR) is 45.2 cm³/mol. The molecule has 0 saturated carbocycles. The van der Waals surface area contributed by atoms with Gasteiger partial charge in [-0.1, -0.05) is 17.7 Å². The van der Waals surface area contributed by atoms with Crippen LogP contribution in [0.15, 0.2) is 29.4 Å². The summed E-state index contributed by atoms with van der Waals surface area (Å²) in [6.45, 7) is -0.141. The molecular weight excluding hydrogens is 162 g/mol. The van der Waals surface area contributed by atoms with Crippen LogP contribution in [0, 0.1) is 0 Å². The van der Waals surface area contributed by atoms with E-state index >= 15 is 0 Å². The van der Waals surface area contributed by atoms with Crippen molar-refractivity contribution in [3.63, 3.8) is 0 Å². The SMILES string of the molecule is OCC(Cl)=Cc1ccccn1. The minimum atomic E-state index is -0.141. The summed E-state index contributed by atoms with van der Waals surface area (Å²) in [6, 6.07) is 5.50. The molecule has 1 N–H and O–H groups in total. The summed E-state index contributed by atoms with van der Waals surface area (Å²) in [7, 11) is 0. The summed E-state index contributed by atoms with van der Waals surface area (Å²) < 4.78 is 0. The molecule has 1 aromatic rings. The Balaban J connectivity index is 2.79. The lowest BCUT2D eigenvalue weighted by Gasteiger charge is -1.91. The summed E-state index contributed by atoms with van der Waals surface area (Å²) in [4.78, 5) is 3.99. The van der Waals surface area contributed by atoms with Crippen LogP contribution in [0.5, 0.6) is 0 Å². The first-order chi connectivity index (χ1) is 5.33. The van der Waals surface area contributed by atoms with Crippen molar-refractivity contribution in [3.05, 3.63) is 35.1 Å². The van der Waals surface area contributed by atoms with Crippen LogP contribution in [-0.2, 0) is 0 Å². The third-order valence-electron chi connectivity index (χ3n) is 1.14. The number of pyridine rings is 1. The lowest BCUT2D eigenvalue weighted by Crippen LogP contribution is -1.82. The number of aromatic nitrogens is 1. The third-order valence-corrected chi connectivity index (χ3v) is 1.37. The van der Waals surface area contributed by atoms with E-state index in [-0.39, 0.29) is 6.61 Å². The zero-order valence-corrected chi connectivity index (χ0v) is 6.62. The fraction of sp³-hybridized carbons (Fsp3) is 0.125. The van der Waals surface area contributed by atoms with Gasteiger partial charge in [0.2, 0.25) is 0 Å². The van der Waals surface area contributed by atoms with Gasteiger partial charge in [0.05, 0.1) is 12.3 Å². The van der Waals surface area contributed by atoms with Crippen LogP contribution in [0.4, 0.5) is 0 Å². The summed E-state index contributed by atoms with van der Waals surface area (Å²) >= 11 is 5.57. The van der Waals surface area contributed by atoms with Gasteiger partial charge in [-0.3, -0.25) is 4.98 Å². The molecule has 0 aliphatic rings. The molecule has 1 heterocycles. The van der Waals surface area contributed by atoms with Crippen LogP contribution in [0.3, 0.4) is 0 Å². The van der Waals surface area contributed by atoms with Gasteiger partial charge < -0.3 is 5.11 Å². The Morgan fingerprint density at radius 3 is 3.00 bits per heavy atom. The maximum Gasteiger partial charge on any atom is 0.0788 e. The lowest BCUT2D eigenvalue weighted by atomic mass is 10.3. The van der Waals surface area contributed by atoms with Crippen LogP contribution >= 0.6 is 11.6 Å². The molecule has 58 valence electrons. The van der Waals surface area contributed by atoms with E-state index in [4.69, 9.17) is 16.7 Å². The first-order valence-corrected chi connectivity index (χ1v) is 3.58. The number of nitrogens with zero attached hydrogens (tertiary/aromatic N) is 1. The van der Waals surface area contributed by atoms with Crippen molar-refractivity contribution in [1.29, 1.82) is 0 Å². The summed E-state index contributed by atoms with van der Waals surface area (Å²) in [5, 5.41) is 8.96. The summed E-state index contributed by atoms with van der Waals surface area (Å²) in [5.74, 6) is 0. The van der Waals surface area contributed by atoms with E-state index in [1.54, 1.807) is 12.3 Å². The van der Waals surface area contributed by atoms with Crippen molar-refractivity contribution < 1.29 is 5.11 Å². The van der Waals surface area contributed by atoms with E-state index < -0.39 is 0 Å². The molecule has 0 saturated heterocycles. The van der Waals surface area contributed by atoms with E-state index in [1.165, 1.54) is 0 Å². The highest BCUT2D eigenvalue weighted by Gasteiger charge is 1.89. The number of rotatable bonds is 2. The highest BCUT2D eigenvalue weighted by atomic mass is 35.5. The Bertz CT molecular complexity index is 246. The minimum Gasteiger partial charge on any atom is -0.391 e. The van der Waals surface area contributed by atoms with Gasteiger partial charge in [0, 0.05) is 11.2 Å². The Labute approximate surface area is 70.2 Å². The van der Waals surface area contributed by atoms with Crippen molar-refractivity contribution in [1.82, 2.24) is 4.98 Å². The van der Waals surface area contributed by atoms with Gasteiger partial charge in [-0.2, -0.15) is 0 Å². The minimum absolute atomic E-state index is 0.141. The first-order valence-electron chi connectivity index (χ1n) is 3.21. The number of aliphatic hydroxyl groups excluding tert-OH is 1. The quantitative estimate of drug-likeness (QED) is 0.731. The fourth-order valence-electron chi connectivity index (χ4n) is 0.667. The zero-order valence-electron chi connectivity index (χ0n) is 5.87. The largest absolute Gasteiger partial charge is 0.391 e. The second-order valence-corrected chi connectivity index (χ2v) is 2.49. The molecule has 0 aliphatic carbocycles. The average Bonchev–Trinajstić information content (AvgIpc) is 2.06. The maximum atomic E-state index is 8.57. The first kappa shape index (κ1) is 8.24. The van der Waals surface area contributed by atoms with Gasteiger partial charge in [0.25, 0.3) is 0 Å². The number of halogens is 1. The van der Waals surface area contributed by atoms with Crippen LogP contribution in [0.2, 0.25) is 0 Å². The van der Waals surface area contributed by atoms with Gasteiger partial charge >= 0.3 is 0 Å². The van der Waals surface area contributed by atoms with Crippen molar-refractivity contribution in [3.8, 4) is 0 Å². The molecule has 0 unspecified atom stereocenters. The van der Waals surface area contributed by atoms with Crippen molar-refractivity contribution >= 4 is 17.7 Å². The summed E-state index contributed by atoms with van der Waals surface area (Å²) in [5.41, 5.74) is 0.756. The molecule has 0 amide bonds. The van der Waals surface area contributed by atoms with Crippen LogP contribution in [-0.4, -0.2) is 16.7 Å². The smallest absolute Gasteiger partial charge is 0.0788 e. The standard InChI is InChI=1S/C8H8ClNO/c9-7(6-11)5-8-3-1-2-4-10-8/h1-5,11H,6H2. The second kappa shape index (κ2) is 4.11. The van der Waals surface area contributed by atoms with Crippen molar-refractivity contribution in [2.45, 2.75) is 0 Å². The topological polar surface area (TPSA) is 33.1 Å². The zero-order chi connectivity index (χ0) is 8.10. The van der Waals surface area contributed by atoms with Crippen molar-refractivity contribution in [2.75, 3.05) is 6.61 Å². The molecule has 1 aromatic heterocycles. The molecule has 0 radical (unpaired) electrons. The normalized spacial score (nSPS) is 11.6. The fourth-order valence-corrected chi connectivity index (χ4v) is 0.779. The predicted octanol–water partition coefficient (Wildman–Crippen LogP) is 1.65. The molecule has 1 rings (SSSR count). The second-order valence-electron chi connectivity index (χ2n) is 2.00. The van der Waals surface area contributed by atoms with E-state index in [2.05, 4.69) is 4.98 Å². The van der Waals surface area contributed by atoms with Gasteiger partial charge in [0.15, 0.2) is 0 Å². The van der Waals surface area contributed by atoms with E-state index in [9.17, 15) is 0 Å². The lowest BCUT2D eigenvalue weighted by molar-refractivity contribution is 0.339. The van der Waals surface area contributed by atoms with E-state index in [0.717, 1.165) is 5.69 Å². The van der Waals surface area contributed by atoms with Gasteiger partial charge in [0.1, 0.15) is 0 Å². The molecule has 0 bridgehead atoms. The van der Waals surface area contributed by atoms with Crippen LogP contribution < -0.4 is 0 Å². The average molecular weight is 170 g/mol. The van der Waals surface area contributed by atoms with Gasteiger partial charge in [-0.05, 0) is 18.2 Å². The van der Waals surface area contributed by atoms with Crippen LogP contribution in [0.1, 0.15) is 5.69 Å². The highest BCUT2D eigenvalue weighted by molar-refractivity contribution is 6.31. The molecule has 0 spiro atoms. The van der Waals surface area contributed by atoms with Gasteiger partial charge in [-0.15, -0.1) is 0 Å². The molecule has 0 atom stereocenters. The molecule has 0 fully saturated rings. The van der Waals surface area contributed by atoms with Crippen molar-refractivity contribution in [2.24, 2.45) is 0 Å². The Kier molecular flexibility index (Phi) is 3.08.